The Morgan fingerprint density at radius 1 is 1.39 bits per heavy atom. The molecule has 1 unspecified atom stereocenters. The molecule has 2 heterocycles. The maximum Gasteiger partial charge on any atom is 0.407 e. The Bertz CT molecular complexity index is 634. The number of piperidine rings is 1. The number of likely N-dealkylation sites (tertiary alicyclic amines) is 1. The third-order valence-corrected chi connectivity index (χ3v) is 5.01. The van der Waals surface area contributed by atoms with Crippen LogP contribution in [0.3, 0.4) is 0 Å². The minimum Gasteiger partial charge on any atom is -0.465 e. The number of aliphatic hydroxyl groups excluding tert-OH is 1. The first kappa shape index (κ1) is 15.8. The van der Waals surface area contributed by atoms with Gasteiger partial charge in [-0.25, -0.2) is 9.59 Å². The van der Waals surface area contributed by atoms with Crippen LogP contribution in [0, 0.1) is 12.8 Å². The highest BCUT2D eigenvalue weighted by Crippen LogP contribution is 2.33. The monoisotopic (exact) mass is 319 g/mol. The number of nitrogens with zero attached hydrogens (tertiary/aromatic N) is 1. The van der Waals surface area contributed by atoms with Gasteiger partial charge < -0.3 is 19.8 Å². The van der Waals surface area contributed by atoms with E-state index < -0.39 is 12.2 Å². The van der Waals surface area contributed by atoms with Crippen molar-refractivity contribution in [3.8, 4) is 0 Å². The first-order chi connectivity index (χ1) is 11.0. The summed E-state index contributed by atoms with van der Waals surface area (Å²) in [7, 11) is 0. The van der Waals surface area contributed by atoms with Crippen molar-refractivity contribution in [3.63, 3.8) is 0 Å². The van der Waals surface area contributed by atoms with E-state index >= 15 is 0 Å². The van der Waals surface area contributed by atoms with Crippen LogP contribution in [0.25, 0.3) is 0 Å². The number of carboxylic acid groups (broad SMARTS) is 1. The Labute approximate surface area is 134 Å². The Balaban J connectivity index is 1.67. The molecule has 6 heteroatoms. The molecule has 1 fully saturated rings. The van der Waals surface area contributed by atoms with Gasteiger partial charge in [-0.15, -0.1) is 0 Å². The molecular formula is C17H21NO5. The standard InChI is InChI=1S/C17H21NO5/c1-10-12(2-3-13-14(10)9-23-16(13)20)15(19)8-11-4-6-18(7-5-11)17(21)22/h2-3,11,15,19H,4-9H2,1H3,(H,21,22). The highest BCUT2D eigenvalue weighted by molar-refractivity contribution is 5.93. The van der Waals surface area contributed by atoms with E-state index in [0.717, 1.165) is 29.5 Å². The number of amides is 1. The van der Waals surface area contributed by atoms with Crippen molar-refractivity contribution in [3.05, 3.63) is 34.4 Å². The van der Waals surface area contributed by atoms with Gasteiger partial charge in [0.2, 0.25) is 0 Å². The van der Waals surface area contributed by atoms with E-state index in [4.69, 9.17) is 9.84 Å². The Kier molecular flexibility index (Phi) is 4.26. The summed E-state index contributed by atoms with van der Waals surface area (Å²) >= 11 is 0. The summed E-state index contributed by atoms with van der Waals surface area (Å²) in [6.07, 6.45) is 0.687. The second-order valence-corrected chi connectivity index (χ2v) is 6.35. The third kappa shape index (κ3) is 3.03. The van der Waals surface area contributed by atoms with Crippen LogP contribution in [0.4, 0.5) is 4.79 Å². The van der Waals surface area contributed by atoms with Gasteiger partial charge in [0.15, 0.2) is 0 Å². The minimum atomic E-state index is -0.872. The third-order valence-electron chi connectivity index (χ3n) is 5.01. The molecule has 124 valence electrons. The number of hydrogen-bond acceptors (Lipinski definition) is 4. The first-order valence-corrected chi connectivity index (χ1v) is 7.92. The number of esters is 1. The molecule has 2 aliphatic rings. The predicted octanol–water partition coefficient (Wildman–Crippen LogP) is 2.48. The average molecular weight is 319 g/mol. The van der Waals surface area contributed by atoms with Gasteiger partial charge in [0.25, 0.3) is 0 Å². The van der Waals surface area contributed by atoms with Gasteiger partial charge in [-0.1, -0.05) is 6.07 Å². The Hall–Kier alpha value is -2.08. The molecule has 23 heavy (non-hydrogen) atoms. The fraction of sp³-hybridized carbons (Fsp3) is 0.529. The molecule has 1 atom stereocenters. The Morgan fingerprint density at radius 2 is 2.09 bits per heavy atom. The van der Waals surface area contributed by atoms with E-state index in [-0.39, 0.29) is 12.6 Å². The molecule has 2 aliphatic heterocycles. The van der Waals surface area contributed by atoms with E-state index in [0.29, 0.717) is 31.0 Å². The summed E-state index contributed by atoms with van der Waals surface area (Å²) in [5.41, 5.74) is 3.21. The van der Waals surface area contributed by atoms with Gasteiger partial charge in [0, 0.05) is 18.7 Å². The van der Waals surface area contributed by atoms with Crippen molar-refractivity contribution in [2.24, 2.45) is 5.92 Å². The first-order valence-electron chi connectivity index (χ1n) is 7.92. The van der Waals surface area contributed by atoms with Gasteiger partial charge in [0.1, 0.15) is 6.61 Å². The number of carbonyl (C=O) groups excluding carboxylic acids is 1. The molecule has 6 nitrogen and oxygen atoms in total. The number of cyclic esters (lactones) is 1. The van der Waals surface area contributed by atoms with E-state index in [1.807, 2.05) is 6.92 Å². The minimum absolute atomic E-state index is 0.275. The van der Waals surface area contributed by atoms with Crippen molar-refractivity contribution >= 4 is 12.1 Å². The van der Waals surface area contributed by atoms with Gasteiger partial charge >= 0.3 is 12.1 Å². The molecule has 2 N–H and O–H groups in total. The van der Waals surface area contributed by atoms with E-state index in [1.165, 1.54) is 4.90 Å². The number of hydrogen-bond donors (Lipinski definition) is 2. The predicted molar refractivity (Wildman–Crippen MR) is 82.2 cm³/mol. The van der Waals surface area contributed by atoms with Crippen LogP contribution in [0.5, 0.6) is 0 Å². The second kappa shape index (κ2) is 6.20. The van der Waals surface area contributed by atoms with Crippen LogP contribution in [-0.2, 0) is 11.3 Å². The van der Waals surface area contributed by atoms with Crippen LogP contribution in [0.2, 0.25) is 0 Å². The summed E-state index contributed by atoms with van der Waals surface area (Å²) in [5.74, 6) is 0.0105. The molecule has 0 aliphatic carbocycles. The quantitative estimate of drug-likeness (QED) is 0.836. The average Bonchev–Trinajstić information content (AvgIpc) is 2.90. The summed E-state index contributed by atoms with van der Waals surface area (Å²) in [5, 5.41) is 19.5. The van der Waals surface area contributed by atoms with Crippen LogP contribution in [0.1, 0.15) is 52.4 Å². The number of carbonyl (C=O) groups is 2. The van der Waals surface area contributed by atoms with E-state index in [2.05, 4.69) is 0 Å². The van der Waals surface area contributed by atoms with Gasteiger partial charge in [-0.3, -0.25) is 0 Å². The van der Waals surface area contributed by atoms with Crippen LogP contribution in [-0.4, -0.2) is 40.3 Å². The maximum absolute atomic E-state index is 11.6. The fourth-order valence-corrected chi connectivity index (χ4v) is 3.53. The zero-order valence-electron chi connectivity index (χ0n) is 13.1. The van der Waals surface area contributed by atoms with Gasteiger partial charge in [-0.2, -0.15) is 0 Å². The molecule has 0 bridgehead atoms. The molecule has 1 amide bonds. The zero-order valence-corrected chi connectivity index (χ0v) is 13.1. The smallest absolute Gasteiger partial charge is 0.407 e. The molecule has 1 saturated heterocycles. The number of fused-ring (bicyclic) bond motifs is 1. The topological polar surface area (TPSA) is 87.1 Å². The van der Waals surface area contributed by atoms with Crippen molar-refractivity contribution in [1.82, 2.24) is 4.90 Å². The lowest BCUT2D eigenvalue weighted by Gasteiger charge is -2.31. The number of benzene rings is 1. The lowest BCUT2D eigenvalue weighted by atomic mass is 9.86. The molecule has 1 aromatic carbocycles. The molecule has 1 aromatic rings. The zero-order chi connectivity index (χ0) is 16.6. The molecule has 0 saturated carbocycles. The lowest BCUT2D eigenvalue weighted by Crippen LogP contribution is -2.37. The maximum atomic E-state index is 11.6. The van der Waals surface area contributed by atoms with Gasteiger partial charge in [0.05, 0.1) is 11.7 Å². The molecule has 0 radical (unpaired) electrons. The normalized spacial score (nSPS) is 19.4. The molecule has 0 aromatic heterocycles. The van der Waals surface area contributed by atoms with Crippen molar-refractivity contribution in [2.45, 2.75) is 38.9 Å². The van der Waals surface area contributed by atoms with Crippen LogP contribution >= 0.6 is 0 Å². The van der Waals surface area contributed by atoms with Crippen LogP contribution in [0.15, 0.2) is 12.1 Å². The molecule has 3 rings (SSSR count). The summed E-state index contributed by atoms with van der Waals surface area (Å²) in [6.45, 7) is 3.24. The fourth-order valence-electron chi connectivity index (χ4n) is 3.53. The highest BCUT2D eigenvalue weighted by Gasteiger charge is 2.28. The van der Waals surface area contributed by atoms with Crippen LogP contribution < -0.4 is 0 Å². The summed E-state index contributed by atoms with van der Waals surface area (Å²) in [4.78, 5) is 23.9. The summed E-state index contributed by atoms with van der Waals surface area (Å²) < 4.78 is 5.04. The van der Waals surface area contributed by atoms with E-state index in [1.54, 1.807) is 12.1 Å². The van der Waals surface area contributed by atoms with Crippen molar-refractivity contribution in [1.29, 1.82) is 0 Å². The number of aliphatic hydroxyl groups is 1. The largest absolute Gasteiger partial charge is 0.465 e. The Morgan fingerprint density at radius 3 is 2.74 bits per heavy atom. The molecular weight excluding hydrogens is 298 g/mol. The SMILES string of the molecule is Cc1c(C(O)CC2CCN(C(=O)O)CC2)ccc2c1COC2=O. The lowest BCUT2D eigenvalue weighted by molar-refractivity contribution is 0.0535. The second-order valence-electron chi connectivity index (χ2n) is 6.35. The number of rotatable bonds is 3. The van der Waals surface area contributed by atoms with Crippen molar-refractivity contribution in [2.75, 3.05) is 13.1 Å². The van der Waals surface area contributed by atoms with E-state index in [9.17, 15) is 14.7 Å². The summed E-state index contributed by atoms with van der Waals surface area (Å²) in [6, 6.07) is 3.53. The number of ether oxygens (including phenoxy) is 1. The molecule has 0 spiro atoms. The van der Waals surface area contributed by atoms with Gasteiger partial charge in [-0.05, 0) is 49.3 Å². The van der Waals surface area contributed by atoms with Crippen molar-refractivity contribution < 1.29 is 24.5 Å². The highest BCUT2D eigenvalue weighted by atomic mass is 16.5.